The van der Waals surface area contributed by atoms with Gasteiger partial charge in [0.15, 0.2) is 0 Å². The summed E-state index contributed by atoms with van der Waals surface area (Å²) in [6.07, 6.45) is 3.46. The van der Waals surface area contributed by atoms with Crippen LogP contribution >= 0.6 is 15.9 Å². The van der Waals surface area contributed by atoms with Crippen molar-refractivity contribution in [2.24, 2.45) is 0 Å². The molecule has 2 aromatic rings. The summed E-state index contributed by atoms with van der Waals surface area (Å²) in [6, 6.07) is 8.43. The van der Waals surface area contributed by atoms with E-state index in [2.05, 4.69) is 72.3 Å². The Labute approximate surface area is 133 Å². The van der Waals surface area contributed by atoms with Gasteiger partial charge in [-0.15, -0.1) is 0 Å². The lowest BCUT2D eigenvalue weighted by Gasteiger charge is -2.34. The predicted octanol–water partition coefficient (Wildman–Crippen LogP) is 2.73. The third kappa shape index (κ3) is 3.71. The first-order chi connectivity index (χ1) is 10.2. The summed E-state index contributed by atoms with van der Waals surface area (Å²) in [6.45, 7) is 4.40. The van der Waals surface area contributed by atoms with Gasteiger partial charge < -0.3 is 15.1 Å². The minimum atomic E-state index is 0.602. The smallest absolute Gasteiger partial charge is 0.227 e. The van der Waals surface area contributed by atoms with E-state index in [-0.39, 0.29) is 0 Å². The maximum atomic E-state index is 4.21. The zero-order valence-corrected chi connectivity index (χ0v) is 13.5. The number of aromatic nitrogens is 2. The number of piperazine rings is 1. The van der Waals surface area contributed by atoms with Crippen molar-refractivity contribution in [2.75, 3.05) is 43.4 Å². The summed E-state index contributed by atoms with van der Waals surface area (Å²) >= 11 is 3.33. The monoisotopic (exact) mass is 347 g/mol. The first-order valence-electron chi connectivity index (χ1n) is 6.99. The van der Waals surface area contributed by atoms with Gasteiger partial charge in [-0.1, -0.05) is 0 Å². The van der Waals surface area contributed by atoms with Crippen molar-refractivity contribution in [3.63, 3.8) is 0 Å². The molecule has 1 aliphatic rings. The van der Waals surface area contributed by atoms with Crippen LogP contribution in [0, 0.1) is 0 Å². The molecule has 0 radical (unpaired) electrons. The third-order valence-corrected chi connectivity index (χ3v) is 4.02. The molecular formula is C15H18BrN5. The van der Waals surface area contributed by atoms with Gasteiger partial charge in [-0.2, -0.15) is 0 Å². The molecule has 1 N–H and O–H groups in total. The molecule has 0 bridgehead atoms. The highest BCUT2D eigenvalue weighted by molar-refractivity contribution is 9.10. The molecule has 6 heteroatoms. The lowest BCUT2D eigenvalue weighted by molar-refractivity contribution is 0.313. The van der Waals surface area contributed by atoms with Crippen LogP contribution in [0.3, 0.4) is 0 Å². The zero-order valence-electron chi connectivity index (χ0n) is 12.0. The molecule has 21 heavy (non-hydrogen) atoms. The Hall–Kier alpha value is -1.66. The lowest BCUT2D eigenvalue weighted by Crippen LogP contribution is -2.44. The highest BCUT2D eigenvalue weighted by Crippen LogP contribution is 2.21. The van der Waals surface area contributed by atoms with E-state index in [1.807, 2.05) is 0 Å². The van der Waals surface area contributed by atoms with Crippen LogP contribution in [-0.2, 0) is 0 Å². The molecule has 0 aliphatic carbocycles. The SMILES string of the molecule is CN1CCN(c2ccc(Nc3ncc(Br)cn3)cc2)CC1. The van der Waals surface area contributed by atoms with Gasteiger partial charge >= 0.3 is 0 Å². The van der Waals surface area contributed by atoms with Crippen LogP contribution in [0.1, 0.15) is 0 Å². The van der Waals surface area contributed by atoms with Crippen LogP contribution < -0.4 is 10.2 Å². The molecule has 0 unspecified atom stereocenters. The Morgan fingerprint density at radius 1 is 1.00 bits per heavy atom. The van der Waals surface area contributed by atoms with Gasteiger partial charge in [0, 0.05) is 49.9 Å². The molecule has 3 rings (SSSR count). The second-order valence-electron chi connectivity index (χ2n) is 5.19. The molecule has 110 valence electrons. The Morgan fingerprint density at radius 2 is 1.62 bits per heavy atom. The quantitative estimate of drug-likeness (QED) is 0.924. The molecule has 0 atom stereocenters. The largest absolute Gasteiger partial charge is 0.369 e. The van der Waals surface area contributed by atoms with Crippen LogP contribution in [0.2, 0.25) is 0 Å². The molecule has 1 aliphatic heterocycles. The van der Waals surface area contributed by atoms with E-state index in [9.17, 15) is 0 Å². The minimum absolute atomic E-state index is 0.602. The van der Waals surface area contributed by atoms with E-state index >= 15 is 0 Å². The zero-order chi connectivity index (χ0) is 14.7. The Bertz CT molecular complexity index is 576. The molecule has 5 nitrogen and oxygen atoms in total. The van der Waals surface area contributed by atoms with Crippen molar-refractivity contribution in [1.82, 2.24) is 14.9 Å². The number of anilines is 3. The van der Waals surface area contributed by atoms with Crippen LogP contribution in [-0.4, -0.2) is 48.1 Å². The molecule has 2 heterocycles. The van der Waals surface area contributed by atoms with Crippen molar-refractivity contribution >= 4 is 33.3 Å². The maximum Gasteiger partial charge on any atom is 0.227 e. The summed E-state index contributed by atoms with van der Waals surface area (Å²) in [5.74, 6) is 0.602. The highest BCUT2D eigenvalue weighted by Gasteiger charge is 2.13. The predicted molar refractivity (Wildman–Crippen MR) is 89.2 cm³/mol. The summed E-state index contributed by atoms with van der Waals surface area (Å²) in [7, 11) is 2.17. The number of benzene rings is 1. The van der Waals surface area contributed by atoms with Gasteiger partial charge in [0.25, 0.3) is 0 Å². The van der Waals surface area contributed by atoms with E-state index < -0.39 is 0 Å². The van der Waals surface area contributed by atoms with Crippen molar-refractivity contribution in [3.8, 4) is 0 Å². The molecular weight excluding hydrogens is 330 g/mol. The minimum Gasteiger partial charge on any atom is -0.369 e. The van der Waals surface area contributed by atoms with Crippen molar-refractivity contribution < 1.29 is 0 Å². The first-order valence-corrected chi connectivity index (χ1v) is 7.78. The molecule has 0 amide bonds. The number of nitrogens with one attached hydrogen (secondary N) is 1. The molecule has 1 fully saturated rings. The van der Waals surface area contributed by atoms with Gasteiger partial charge in [-0.25, -0.2) is 9.97 Å². The fraction of sp³-hybridized carbons (Fsp3) is 0.333. The number of halogens is 1. The topological polar surface area (TPSA) is 44.3 Å². The fourth-order valence-electron chi connectivity index (χ4n) is 2.33. The van der Waals surface area contributed by atoms with Crippen LogP contribution in [0.5, 0.6) is 0 Å². The van der Waals surface area contributed by atoms with Crippen LogP contribution in [0.4, 0.5) is 17.3 Å². The Morgan fingerprint density at radius 3 is 2.24 bits per heavy atom. The number of rotatable bonds is 3. The first kappa shape index (κ1) is 14.3. The Kier molecular flexibility index (Phi) is 4.36. The Balaban J connectivity index is 1.65. The van der Waals surface area contributed by atoms with Gasteiger partial charge in [0.1, 0.15) is 0 Å². The summed E-state index contributed by atoms with van der Waals surface area (Å²) in [4.78, 5) is 13.2. The van der Waals surface area contributed by atoms with Gasteiger partial charge in [-0.3, -0.25) is 0 Å². The molecule has 1 aromatic heterocycles. The van der Waals surface area contributed by atoms with Gasteiger partial charge in [-0.05, 0) is 47.2 Å². The third-order valence-electron chi connectivity index (χ3n) is 3.61. The lowest BCUT2D eigenvalue weighted by atomic mass is 10.2. The molecule has 1 saturated heterocycles. The van der Waals surface area contributed by atoms with Crippen LogP contribution in [0.25, 0.3) is 0 Å². The van der Waals surface area contributed by atoms with Gasteiger partial charge in [0.05, 0.1) is 4.47 Å². The number of likely N-dealkylation sites (N-methyl/N-ethyl adjacent to an activating group) is 1. The fourth-order valence-corrected chi connectivity index (χ4v) is 2.53. The summed E-state index contributed by atoms with van der Waals surface area (Å²) in [5.41, 5.74) is 2.26. The summed E-state index contributed by atoms with van der Waals surface area (Å²) < 4.78 is 0.874. The number of nitrogens with zero attached hydrogens (tertiary/aromatic N) is 4. The summed E-state index contributed by atoms with van der Waals surface area (Å²) in [5, 5.41) is 3.20. The molecule has 0 spiro atoms. The van der Waals surface area contributed by atoms with Crippen molar-refractivity contribution in [2.45, 2.75) is 0 Å². The molecule has 1 aromatic carbocycles. The molecule has 0 saturated carbocycles. The average Bonchev–Trinajstić information content (AvgIpc) is 2.51. The number of hydrogen-bond donors (Lipinski definition) is 1. The maximum absolute atomic E-state index is 4.21. The van der Waals surface area contributed by atoms with E-state index in [1.54, 1.807) is 12.4 Å². The average molecular weight is 348 g/mol. The van der Waals surface area contributed by atoms with E-state index in [1.165, 1.54) is 5.69 Å². The van der Waals surface area contributed by atoms with Gasteiger partial charge in [0.2, 0.25) is 5.95 Å². The second-order valence-corrected chi connectivity index (χ2v) is 6.10. The van der Waals surface area contributed by atoms with Crippen molar-refractivity contribution in [3.05, 3.63) is 41.1 Å². The number of hydrogen-bond acceptors (Lipinski definition) is 5. The van der Waals surface area contributed by atoms with Crippen LogP contribution in [0.15, 0.2) is 41.1 Å². The van der Waals surface area contributed by atoms with E-state index in [4.69, 9.17) is 0 Å². The second kappa shape index (κ2) is 6.41. The standard InChI is InChI=1S/C15H18BrN5/c1-20-6-8-21(9-7-20)14-4-2-13(3-5-14)19-15-17-10-12(16)11-18-15/h2-5,10-11H,6-9H2,1H3,(H,17,18,19). The highest BCUT2D eigenvalue weighted by atomic mass is 79.9. The normalized spacial score (nSPS) is 16.0. The van der Waals surface area contributed by atoms with E-state index in [0.717, 1.165) is 36.3 Å². The van der Waals surface area contributed by atoms with Crippen molar-refractivity contribution in [1.29, 1.82) is 0 Å². The van der Waals surface area contributed by atoms with E-state index in [0.29, 0.717) is 5.95 Å².